The standard InChI is InChI=1S/C14H28N2/c1-10(2)14(3,4)9-15-8-11-7-12-5-6-13(11)16-12/h10-13,15-16H,5-9H2,1-4H3. The van der Waals surface area contributed by atoms with Crippen molar-refractivity contribution >= 4 is 0 Å². The Bertz CT molecular complexity index is 235. The number of hydrogen-bond acceptors (Lipinski definition) is 2. The van der Waals surface area contributed by atoms with Crippen molar-refractivity contribution in [1.82, 2.24) is 10.6 Å². The van der Waals surface area contributed by atoms with Gasteiger partial charge in [0.2, 0.25) is 0 Å². The Hall–Kier alpha value is -0.0800. The highest BCUT2D eigenvalue weighted by molar-refractivity contribution is 4.98. The molecule has 0 aromatic rings. The molecular weight excluding hydrogens is 196 g/mol. The third-order valence-corrected chi connectivity index (χ3v) is 4.98. The average molecular weight is 224 g/mol. The Labute approximate surface area is 101 Å². The van der Waals surface area contributed by atoms with Crippen molar-refractivity contribution in [3.05, 3.63) is 0 Å². The summed E-state index contributed by atoms with van der Waals surface area (Å²) in [5, 5.41) is 7.40. The second-order valence-corrected chi connectivity index (χ2v) is 6.82. The Morgan fingerprint density at radius 1 is 1.31 bits per heavy atom. The third kappa shape index (κ3) is 2.60. The predicted molar refractivity (Wildman–Crippen MR) is 69.5 cm³/mol. The van der Waals surface area contributed by atoms with Crippen LogP contribution in [0.1, 0.15) is 47.0 Å². The molecular formula is C14H28N2. The van der Waals surface area contributed by atoms with E-state index < -0.39 is 0 Å². The zero-order valence-electron chi connectivity index (χ0n) is 11.3. The molecule has 2 heteroatoms. The molecule has 2 saturated heterocycles. The van der Waals surface area contributed by atoms with Gasteiger partial charge in [0, 0.05) is 18.6 Å². The fourth-order valence-electron chi connectivity index (χ4n) is 2.95. The molecule has 2 nitrogen and oxygen atoms in total. The van der Waals surface area contributed by atoms with Crippen LogP contribution in [0, 0.1) is 17.3 Å². The first-order valence-corrected chi connectivity index (χ1v) is 6.96. The SMILES string of the molecule is CC(C)C(C)(C)CNCC1CC2CCC1N2. The molecule has 2 rings (SSSR count). The molecule has 3 unspecified atom stereocenters. The maximum absolute atomic E-state index is 3.71. The van der Waals surface area contributed by atoms with E-state index >= 15 is 0 Å². The Balaban J connectivity index is 1.69. The first-order chi connectivity index (χ1) is 7.49. The van der Waals surface area contributed by atoms with Gasteiger partial charge in [0.25, 0.3) is 0 Å². The van der Waals surface area contributed by atoms with Crippen molar-refractivity contribution in [2.24, 2.45) is 17.3 Å². The van der Waals surface area contributed by atoms with Crippen LogP contribution in [0.25, 0.3) is 0 Å². The van der Waals surface area contributed by atoms with Gasteiger partial charge in [-0.15, -0.1) is 0 Å². The lowest BCUT2D eigenvalue weighted by Crippen LogP contribution is -2.38. The van der Waals surface area contributed by atoms with Crippen LogP contribution in [0.3, 0.4) is 0 Å². The molecule has 2 heterocycles. The van der Waals surface area contributed by atoms with Crippen LogP contribution in [0.15, 0.2) is 0 Å². The molecule has 3 atom stereocenters. The van der Waals surface area contributed by atoms with Gasteiger partial charge in [-0.2, -0.15) is 0 Å². The van der Waals surface area contributed by atoms with Crippen LogP contribution >= 0.6 is 0 Å². The highest BCUT2D eigenvalue weighted by Gasteiger charge is 2.38. The largest absolute Gasteiger partial charge is 0.316 e. The van der Waals surface area contributed by atoms with Crippen LogP contribution in [0.5, 0.6) is 0 Å². The summed E-state index contributed by atoms with van der Waals surface area (Å²) in [6.07, 6.45) is 4.23. The van der Waals surface area contributed by atoms with Gasteiger partial charge in [0.15, 0.2) is 0 Å². The van der Waals surface area contributed by atoms with Crippen molar-refractivity contribution in [1.29, 1.82) is 0 Å². The molecule has 94 valence electrons. The van der Waals surface area contributed by atoms with E-state index in [9.17, 15) is 0 Å². The smallest absolute Gasteiger partial charge is 0.0111 e. The average Bonchev–Trinajstić information content (AvgIpc) is 2.78. The molecule has 2 fully saturated rings. The molecule has 0 aromatic carbocycles. The fraction of sp³-hybridized carbons (Fsp3) is 1.00. The zero-order valence-corrected chi connectivity index (χ0v) is 11.3. The monoisotopic (exact) mass is 224 g/mol. The molecule has 0 radical (unpaired) electrons. The zero-order chi connectivity index (χ0) is 11.8. The summed E-state index contributed by atoms with van der Waals surface area (Å²) in [7, 11) is 0. The van der Waals surface area contributed by atoms with Crippen LogP contribution in [0.4, 0.5) is 0 Å². The molecule has 0 amide bonds. The fourth-order valence-corrected chi connectivity index (χ4v) is 2.95. The molecule has 0 spiro atoms. The molecule has 16 heavy (non-hydrogen) atoms. The first-order valence-electron chi connectivity index (χ1n) is 6.96. The molecule has 2 bridgehead atoms. The molecule has 0 saturated carbocycles. The van der Waals surface area contributed by atoms with Crippen LogP contribution < -0.4 is 10.6 Å². The van der Waals surface area contributed by atoms with Crippen LogP contribution in [-0.4, -0.2) is 25.2 Å². The van der Waals surface area contributed by atoms with Gasteiger partial charge >= 0.3 is 0 Å². The first kappa shape index (κ1) is 12.4. The van der Waals surface area contributed by atoms with E-state index in [0.29, 0.717) is 5.41 Å². The highest BCUT2D eigenvalue weighted by atomic mass is 15.0. The summed E-state index contributed by atoms with van der Waals surface area (Å²) in [6.45, 7) is 11.7. The summed E-state index contributed by atoms with van der Waals surface area (Å²) < 4.78 is 0. The lowest BCUT2D eigenvalue weighted by Gasteiger charge is -2.31. The lowest BCUT2D eigenvalue weighted by atomic mass is 9.81. The summed E-state index contributed by atoms with van der Waals surface area (Å²) in [5.41, 5.74) is 0.422. The van der Waals surface area contributed by atoms with Gasteiger partial charge in [-0.1, -0.05) is 27.7 Å². The minimum absolute atomic E-state index is 0.422. The Morgan fingerprint density at radius 3 is 2.56 bits per heavy atom. The van der Waals surface area contributed by atoms with Crippen LogP contribution in [-0.2, 0) is 0 Å². The number of nitrogens with one attached hydrogen (secondary N) is 2. The maximum Gasteiger partial charge on any atom is 0.0111 e. The summed E-state index contributed by atoms with van der Waals surface area (Å²) in [4.78, 5) is 0. The Kier molecular flexibility index (Phi) is 3.60. The number of rotatable bonds is 5. The van der Waals surface area contributed by atoms with Gasteiger partial charge in [-0.25, -0.2) is 0 Å². The highest BCUT2D eigenvalue weighted by Crippen LogP contribution is 2.33. The van der Waals surface area contributed by atoms with Gasteiger partial charge in [-0.3, -0.25) is 0 Å². The number of hydrogen-bond donors (Lipinski definition) is 2. The minimum atomic E-state index is 0.422. The van der Waals surface area contributed by atoms with Crippen molar-refractivity contribution in [3.8, 4) is 0 Å². The quantitative estimate of drug-likeness (QED) is 0.749. The predicted octanol–water partition coefficient (Wildman–Crippen LogP) is 2.40. The third-order valence-electron chi connectivity index (χ3n) is 4.98. The van der Waals surface area contributed by atoms with E-state index in [1.807, 2.05) is 0 Å². The minimum Gasteiger partial charge on any atom is -0.316 e. The molecule has 2 aliphatic rings. The van der Waals surface area contributed by atoms with E-state index in [1.165, 1.54) is 25.8 Å². The van der Waals surface area contributed by atoms with Gasteiger partial charge in [0.1, 0.15) is 0 Å². The van der Waals surface area contributed by atoms with Crippen molar-refractivity contribution < 1.29 is 0 Å². The van der Waals surface area contributed by atoms with E-state index in [1.54, 1.807) is 0 Å². The van der Waals surface area contributed by atoms with E-state index in [0.717, 1.165) is 30.5 Å². The topological polar surface area (TPSA) is 24.1 Å². The normalized spacial score (nSPS) is 33.9. The van der Waals surface area contributed by atoms with Gasteiger partial charge in [-0.05, 0) is 43.1 Å². The summed E-state index contributed by atoms with van der Waals surface area (Å²) in [6, 6.07) is 1.66. The van der Waals surface area contributed by atoms with E-state index in [2.05, 4.69) is 38.3 Å². The van der Waals surface area contributed by atoms with Crippen molar-refractivity contribution in [2.75, 3.05) is 13.1 Å². The van der Waals surface area contributed by atoms with Gasteiger partial charge in [0.05, 0.1) is 0 Å². The maximum atomic E-state index is 3.71. The Morgan fingerprint density at radius 2 is 2.06 bits per heavy atom. The van der Waals surface area contributed by atoms with E-state index in [-0.39, 0.29) is 0 Å². The summed E-state index contributed by atoms with van der Waals surface area (Å²) in [5.74, 6) is 1.64. The van der Waals surface area contributed by atoms with Crippen molar-refractivity contribution in [3.63, 3.8) is 0 Å². The summed E-state index contributed by atoms with van der Waals surface area (Å²) >= 11 is 0. The molecule has 0 aromatic heterocycles. The number of fused-ring (bicyclic) bond motifs is 2. The van der Waals surface area contributed by atoms with Crippen molar-refractivity contribution in [2.45, 2.75) is 59.0 Å². The second-order valence-electron chi connectivity index (χ2n) is 6.82. The molecule has 0 aliphatic carbocycles. The molecule has 2 N–H and O–H groups in total. The molecule has 2 aliphatic heterocycles. The van der Waals surface area contributed by atoms with Crippen LogP contribution in [0.2, 0.25) is 0 Å². The second kappa shape index (κ2) is 4.66. The van der Waals surface area contributed by atoms with Gasteiger partial charge < -0.3 is 10.6 Å². The lowest BCUT2D eigenvalue weighted by molar-refractivity contribution is 0.230. The van der Waals surface area contributed by atoms with E-state index in [4.69, 9.17) is 0 Å².